The molecule has 0 fully saturated rings. The van der Waals surface area contributed by atoms with Gasteiger partial charge in [0, 0.05) is 12.4 Å². The Morgan fingerprint density at radius 2 is 2.27 bits per heavy atom. The van der Waals surface area contributed by atoms with E-state index < -0.39 is 0 Å². The lowest BCUT2D eigenvalue weighted by atomic mass is 10.4. The molecule has 0 aliphatic carbocycles. The van der Waals surface area contributed by atoms with Gasteiger partial charge in [-0.05, 0) is 6.42 Å². The van der Waals surface area contributed by atoms with Gasteiger partial charge in [0.05, 0.1) is 12.4 Å². The Kier molecular flexibility index (Phi) is 4.85. The van der Waals surface area contributed by atoms with Crippen LogP contribution < -0.4 is 5.73 Å². The van der Waals surface area contributed by atoms with Gasteiger partial charge < -0.3 is 16.0 Å². The Balaban J connectivity index is 2.56. The molecule has 0 amide bonds. The van der Waals surface area contributed by atoms with E-state index in [1.807, 2.05) is 0 Å². The molecular formula is C8H12N4O2S. The highest BCUT2D eigenvalue weighted by atomic mass is 32.2. The van der Waals surface area contributed by atoms with Crippen LogP contribution in [0.4, 0.5) is 0 Å². The second kappa shape index (κ2) is 6.20. The molecule has 1 aromatic rings. The summed E-state index contributed by atoms with van der Waals surface area (Å²) in [7, 11) is 0. The van der Waals surface area contributed by atoms with Gasteiger partial charge in [-0.3, -0.25) is 0 Å². The van der Waals surface area contributed by atoms with E-state index in [4.69, 9.17) is 16.0 Å². The molecule has 0 saturated carbocycles. The second-order valence-electron chi connectivity index (χ2n) is 2.65. The lowest BCUT2D eigenvalue weighted by Crippen LogP contribution is -2.15. The Hall–Kier alpha value is -1.34. The summed E-state index contributed by atoms with van der Waals surface area (Å²) >= 11 is 1.50. The molecule has 6 nitrogen and oxygen atoms in total. The maximum Gasteiger partial charge on any atom is 0.190 e. The molecule has 1 rings (SSSR count). The summed E-state index contributed by atoms with van der Waals surface area (Å²) < 4.78 is 0. The van der Waals surface area contributed by atoms with E-state index >= 15 is 0 Å². The van der Waals surface area contributed by atoms with Crippen LogP contribution in [0.1, 0.15) is 12.1 Å². The summed E-state index contributed by atoms with van der Waals surface area (Å²) in [5.74, 6) is 0.725. The Morgan fingerprint density at radius 1 is 1.47 bits per heavy atom. The normalized spacial score (nSPS) is 11.7. The van der Waals surface area contributed by atoms with Crippen molar-refractivity contribution in [2.24, 2.45) is 10.9 Å². The van der Waals surface area contributed by atoms with Crippen LogP contribution in [-0.4, -0.2) is 38.5 Å². The minimum atomic E-state index is -0.0607. The van der Waals surface area contributed by atoms with Crippen LogP contribution in [0.5, 0.6) is 0 Å². The maximum absolute atomic E-state index is 8.58. The molecule has 0 aliphatic rings. The molecule has 0 spiro atoms. The summed E-state index contributed by atoms with van der Waals surface area (Å²) in [6, 6.07) is 0. The molecule has 82 valence electrons. The molecular weight excluding hydrogens is 216 g/mol. The first kappa shape index (κ1) is 11.7. The van der Waals surface area contributed by atoms with Gasteiger partial charge in [-0.1, -0.05) is 5.16 Å². The summed E-state index contributed by atoms with van der Waals surface area (Å²) in [4.78, 5) is 8.03. The fourth-order valence-electron chi connectivity index (χ4n) is 0.816. The van der Waals surface area contributed by atoms with Crippen molar-refractivity contribution < 1.29 is 10.3 Å². The number of hydrogen-bond donors (Lipinski definition) is 3. The fourth-order valence-corrected chi connectivity index (χ4v) is 1.55. The highest BCUT2D eigenvalue weighted by molar-refractivity contribution is 7.99. The van der Waals surface area contributed by atoms with Crippen LogP contribution in [-0.2, 0) is 0 Å². The smallest absolute Gasteiger partial charge is 0.190 e. The maximum atomic E-state index is 8.58. The summed E-state index contributed by atoms with van der Waals surface area (Å²) in [5, 5.41) is 20.5. The highest BCUT2D eigenvalue weighted by Gasteiger charge is 2.02. The summed E-state index contributed by atoms with van der Waals surface area (Å²) in [6.45, 7) is 0.169. The Morgan fingerprint density at radius 3 is 2.80 bits per heavy atom. The number of aromatic nitrogens is 2. The first-order valence-corrected chi connectivity index (χ1v) is 5.30. The minimum Gasteiger partial charge on any atom is -0.409 e. The first-order chi connectivity index (χ1) is 7.27. The van der Waals surface area contributed by atoms with Gasteiger partial charge in [0.15, 0.2) is 5.84 Å². The van der Waals surface area contributed by atoms with Crippen LogP contribution in [0.2, 0.25) is 0 Å². The van der Waals surface area contributed by atoms with E-state index in [1.165, 1.54) is 18.0 Å². The van der Waals surface area contributed by atoms with Gasteiger partial charge in [-0.2, -0.15) is 0 Å². The van der Waals surface area contributed by atoms with Gasteiger partial charge in [-0.25, -0.2) is 9.97 Å². The third-order valence-electron chi connectivity index (χ3n) is 1.55. The third kappa shape index (κ3) is 3.72. The van der Waals surface area contributed by atoms with Crippen LogP contribution in [0.15, 0.2) is 22.6 Å². The lowest BCUT2D eigenvalue weighted by molar-refractivity contribution is 0.296. The van der Waals surface area contributed by atoms with E-state index in [0.717, 1.165) is 10.8 Å². The van der Waals surface area contributed by atoms with Gasteiger partial charge in [0.25, 0.3) is 0 Å². The molecule has 0 radical (unpaired) electrons. The number of aliphatic hydroxyl groups excluding tert-OH is 1. The van der Waals surface area contributed by atoms with Crippen molar-refractivity contribution in [3.63, 3.8) is 0 Å². The third-order valence-corrected chi connectivity index (χ3v) is 2.55. The van der Waals surface area contributed by atoms with Gasteiger partial charge in [-0.15, -0.1) is 11.8 Å². The molecule has 1 heterocycles. The van der Waals surface area contributed by atoms with E-state index in [1.54, 1.807) is 6.20 Å². The number of nitrogens with zero attached hydrogens (tertiary/aromatic N) is 3. The number of hydrogen-bond acceptors (Lipinski definition) is 6. The van der Waals surface area contributed by atoms with E-state index in [0.29, 0.717) is 12.1 Å². The highest BCUT2D eigenvalue weighted by Crippen LogP contribution is 2.14. The molecule has 1 aromatic heterocycles. The minimum absolute atomic E-state index is 0.0607. The van der Waals surface area contributed by atoms with Crippen molar-refractivity contribution in [2.45, 2.75) is 11.4 Å². The molecule has 0 aromatic carbocycles. The van der Waals surface area contributed by atoms with E-state index in [2.05, 4.69) is 15.1 Å². The van der Waals surface area contributed by atoms with E-state index in [9.17, 15) is 0 Å². The second-order valence-corrected chi connectivity index (χ2v) is 3.77. The molecule has 0 saturated heterocycles. The first-order valence-electron chi connectivity index (χ1n) is 4.31. The quantitative estimate of drug-likeness (QED) is 0.164. The molecule has 4 N–H and O–H groups in total. The zero-order chi connectivity index (χ0) is 11.1. The topological polar surface area (TPSA) is 105 Å². The monoisotopic (exact) mass is 228 g/mol. The van der Waals surface area contributed by atoms with Crippen molar-refractivity contribution >= 4 is 17.6 Å². The van der Waals surface area contributed by atoms with Crippen molar-refractivity contribution in [2.75, 3.05) is 12.4 Å². The zero-order valence-electron chi connectivity index (χ0n) is 8.00. The summed E-state index contributed by atoms with van der Waals surface area (Å²) in [5.41, 5.74) is 5.66. The standard InChI is InChI=1S/C8H12N4O2S/c9-8(12-14)6-4-11-7(5-10-6)15-3-1-2-13/h4-5,13-14H,1-3H2,(H2,9,12). The van der Waals surface area contributed by atoms with Crippen molar-refractivity contribution in [1.82, 2.24) is 9.97 Å². The Labute approximate surface area is 91.2 Å². The SMILES string of the molecule is NC(=NO)c1cnc(SCCCO)cn1. The average molecular weight is 228 g/mol. The predicted octanol–water partition coefficient (Wildman–Crippen LogP) is 0.0456. The number of aliphatic hydroxyl groups is 1. The predicted molar refractivity (Wildman–Crippen MR) is 57.0 cm³/mol. The number of thioether (sulfide) groups is 1. The average Bonchev–Trinajstić information content (AvgIpc) is 2.29. The largest absolute Gasteiger partial charge is 0.409 e. The molecule has 0 atom stereocenters. The number of rotatable bonds is 5. The van der Waals surface area contributed by atoms with Crippen molar-refractivity contribution in [3.05, 3.63) is 18.1 Å². The number of oxime groups is 1. The van der Waals surface area contributed by atoms with Crippen LogP contribution in [0, 0.1) is 0 Å². The number of amidine groups is 1. The zero-order valence-corrected chi connectivity index (χ0v) is 8.81. The van der Waals surface area contributed by atoms with Gasteiger partial charge >= 0.3 is 0 Å². The molecule has 0 aliphatic heterocycles. The van der Waals surface area contributed by atoms with Crippen molar-refractivity contribution in [1.29, 1.82) is 0 Å². The number of nitrogens with two attached hydrogens (primary N) is 1. The van der Waals surface area contributed by atoms with Crippen molar-refractivity contribution in [3.8, 4) is 0 Å². The molecule has 0 unspecified atom stereocenters. The van der Waals surface area contributed by atoms with Gasteiger partial charge in [0.1, 0.15) is 10.7 Å². The van der Waals surface area contributed by atoms with E-state index in [-0.39, 0.29) is 12.4 Å². The van der Waals surface area contributed by atoms with Crippen LogP contribution in [0.3, 0.4) is 0 Å². The van der Waals surface area contributed by atoms with Crippen LogP contribution in [0.25, 0.3) is 0 Å². The Bertz CT molecular complexity index is 328. The summed E-state index contributed by atoms with van der Waals surface area (Å²) in [6.07, 6.45) is 3.71. The molecule has 15 heavy (non-hydrogen) atoms. The van der Waals surface area contributed by atoms with Gasteiger partial charge in [0.2, 0.25) is 0 Å². The van der Waals surface area contributed by atoms with Crippen LogP contribution >= 0.6 is 11.8 Å². The molecule has 0 bridgehead atoms. The fraction of sp³-hybridized carbons (Fsp3) is 0.375. The lowest BCUT2D eigenvalue weighted by Gasteiger charge is -2.00. The molecule has 7 heteroatoms.